The number of hydrogen-bond acceptors (Lipinski definition) is 3. The van der Waals surface area contributed by atoms with Crippen LogP contribution in [0.3, 0.4) is 0 Å². The van der Waals surface area contributed by atoms with Crippen molar-refractivity contribution < 1.29 is 9.53 Å². The van der Waals surface area contributed by atoms with Crippen molar-refractivity contribution in [2.75, 3.05) is 13.1 Å². The highest BCUT2D eigenvalue weighted by atomic mass is 16.5. The van der Waals surface area contributed by atoms with E-state index in [0.717, 1.165) is 38.3 Å². The van der Waals surface area contributed by atoms with Gasteiger partial charge in [0, 0.05) is 19.1 Å². The number of nitrogens with zero attached hydrogens (tertiary/aromatic N) is 1. The van der Waals surface area contributed by atoms with Gasteiger partial charge < -0.3 is 10.1 Å². The molecule has 4 fully saturated rings. The molecule has 2 saturated heterocycles. The van der Waals surface area contributed by atoms with Crippen LogP contribution in [-0.4, -0.2) is 48.2 Å². The minimum atomic E-state index is 0.127. The summed E-state index contributed by atoms with van der Waals surface area (Å²) in [5.41, 5.74) is 0. The normalized spacial score (nSPS) is 37.6. The minimum absolute atomic E-state index is 0.127. The van der Waals surface area contributed by atoms with Crippen molar-refractivity contribution in [3.8, 4) is 0 Å². The summed E-state index contributed by atoms with van der Waals surface area (Å²) in [7, 11) is 0. The standard InChI is InChI=1S/C19H32N2O2/c22-19-18(13-14-5-1-4-8-17(14)20-19)21-11-9-16(10-12-21)23-15-6-2-3-7-15/h14-18H,1-13H2,(H,20,22). The van der Waals surface area contributed by atoms with Crippen molar-refractivity contribution in [2.45, 2.75) is 94.9 Å². The van der Waals surface area contributed by atoms with Crippen molar-refractivity contribution in [1.29, 1.82) is 0 Å². The maximum atomic E-state index is 12.5. The number of carbonyl (C=O) groups is 1. The SMILES string of the molecule is O=C1NC2CCCCC2CC1N1CCC(OC2CCCC2)CC1. The van der Waals surface area contributed by atoms with Gasteiger partial charge in [0.25, 0.3) is 0 Å². The van der Waals surface area contributed by atoms with E-state index in [1.165, 1.54) is 51.4 Å². The molecule has 0 aromatic heterocycles. The fraction of sp³-hybridized carbons (Fsp3) is 0.947. The predicted octanol–water partition coefficient (Wildman–Crippen LogP) is 2.86. The number of amides is 1. The first-order valence-electron chi connectivity index (χ1n) is 9.99. The number of carbonyl (C=O) groups excluding carboxylic acids is 1. The summed E-state index contributed by atoms with van der Waals surface area (Å²) in [4.78, 5) is 15.0. The molecule has 0 aromatic rings. The maximum absolute atomic E-state index is 12.5. The molecule has 4 heteroatoms. The lowest BCUT2D eigenvalue weighted by atomic mass is 9.77. The van der Waals surface area contributed by atoms with Crippen LogP contribution in [0, 0.1) is 5.92 Å². The third-order valence-electron chi connectivity index (χ3n) is 6.67. The highest BCUT2D eigenvalue weighted by molar-refractivity contribution is 5.83. The van der Waals surface area contributed by atoms with Gasteiger partial charge in [0.15, 0.2) is 0 Å². The van der Waals surface area contributed by atoms with Gasteiger partial charge in [-0.05, 0) is 50.9 Å². The first-order chi connectivity index (χ1) is 11.3. The molecule has 2 aliphatic heterocycles. The topological polar surface area (TPSA) is 41.6 Å². The lowest BCUT2D eigenvalue weighted by molar-refractivity contribution is -0.133. The van der Waals surface area contributed by atoms with Crippen LogP contribution in [0.15, 0.2) is 0 Å². The monoisotopic (exact) mass is 320 g/mol. The van der Waals surface area contributed by atoms with Crippen LogP contribution in [0.5, 0.6) is 0 Å². The molecule has 4 aliphatic rings. The van der Waals surface area contributed by atoms with Crippen LogP contribution < -0.4 is 5.32 Å². The number of piperidine rings is 2. The predicted molar refractivity (Wildman–Crippen MR) is 90.2 cm³/mol. The van der Waals surface area contributed by atoms with Gasteiger partial charge in [0.2, 0.25) is 5.91 Å². The molecule has 4 rings (SSSR count). The molecule has 0 aromatic carbocycles. The van der Waals surface area contributed by atoms with E-state index in [9.17, 15) is 4.79 Å². The average molecular weight is 320 g/mol. The lowest BCUT2D eigenvalue weighted by Gasteiger charge is -2.45. The fourth-order valence-electron chi connectivity index (χ4n) is 5.29. The zero-order valence-corrected chi connectivity index (χ0v) is 14.3. The Labute approximate surface area is 140 Å². The molecule has 0 bridgehead atoms. The Morgan fingerprint density at radius 1 is 0.870 bits per heavy atom. The molecule has 130 valence electrons. The van der Waals surface area contributed by atoms with Crippen LogP contribution in [0.25, 0.3) is 0 Å². The Kier molecular flexibility index (Phi) is 4.91. The van der Waals surface area contributed by atoms with Gasteiger partial charge in [0.05, 0.1) is 18.2 Å². The summed E-state index contributed by atoms with van der Waals surface area (Å²) >= 11 is 0. The van der Waals surface area contributed by atoms with Gasteiger partial charge >= 0.3 is 0 Å². The first-order valence-corrected chi connectivity index (χ1v) is 9.99. The van der Waals surface area contributed by atoms with Crippen LogP contribution in [0.4, 0.5) is 0 Å². The average Bonchev–Trinajstić information content (AvgIpc) is 3.08. The molecule has 3 unspecified atom stereocenters. The number of likely N-dealkylation sites (tertiary alicyclic amines) is 1. The first kappa shape index (κ1) is 15.9. The number of nitrogens with one attached hydrogen (secondary N) is 1. The molecule has 0 radical (unpaired) electrons. The van der Waals surface area contributed by atoms with Crippen LogP contribution in [-0.2, 0) is 9.53 Å². The van der Waals surface area contributed by atoms with E-state index in [1.807, 2.05) is 0 Å². The van der Waals surface area contributed by atoms with Crippen LogP contribution in [0.2, 0.25) is 0 Å². The Bertz CT molecular complexity index is 414. The second-order valence-corrected chi connectivity index (χ2v) is 8.19. The largest absolute Gasteiger partial charge is 0.375 e. The molecule has 2 aliphatic carbocycles. The second-order valence-electron chi connectivity index (χ2n) is 8.19. The zero-order chi connectivity index (χ0) is 15.6. The third-order valence-corrected chi connectivity index (χ3v) is 6.67. The summed E-state index contributed by atoms with van der Waals surface area (Å²) in [5.74, 6) is 1.02. The summed E-state index contributed by atoms with van der Waals surface area (Å²) < 4.78 is 6.27. The van der Waals surface area contributed by atoms with E-state index in [1.54, 1.807) is 0 Å². The van der Waals surface area contributed by atoms with Crippen LogP contribution >= 0.6 is 0 Å². The molecule has 4 nitrogen and oxygen atoms in total. The molecule has 0 spiro atoms. The highest BCUT2D eigenvalue weighted by Gasteiger charge is 2.40. The molecule has 23 heavy (non-hydrogen) atoms. The summed E-state index contributed by atoms with van der Waals surface area (Å²) in [6.45, 7) is 2.07. The summed E-state index contributed by atoms with van der Waals surface area (Å²) in [5, 5.41) is 3.32. The van der Waals surface area contributed by atoms with E-state index in [-0.39, 0.29) is 6.04 Å². The van der Waals surface area contributed by atoms with E-state index < -0.39 is 0 Å². The molecule has 2 saturated carbocycles. The molecule has 2 heterocycles. The molecule has 3 atom stereocenters. The number of fused-ring (bicyclic) bond motifs is 1. The quantitative estimate of drug-likeness (QED) is 0.869. The van der Waals surface area contributed by atoms with Crippen molar-refractivity contribution in [3.63, 3.8) is 0 Å². The smallest absolute Gasteiger partial charge is 0.237 e. The van der Waals surface area contributed by atoms with E-state index in [2.05, 4.69) is 10.2 Å². The van der Waals surface area contributed by atoms with Gasteiger partial charge in [-0.1, -0.05) is 25.7 Å². The molecule has 1 N–H and O–H groups in total. The molecule has 1 amide bonds. The van der Waals surface area contributed by atoms with Crippen molar-refractivity contribution in [2.24, 2.45) is 5.92 Å². The van der Waals surface area contributed by atoms with E-state index in [4.69, 9.17) is 4.74 Å². The maximum Gasteiger partial charge on any atom is 0.237 e. The van der Waals surface area contributed by atoms with Gasteiger partial charge in [0.1, 0.15) is 0 Å². The van der Waals surface area contributed by atoms with Gasteiger partial charge in [-0.15, -0.1) is 0 Å². The Morgan fingerprint density at radius 2 is 1.52 bits per heavy atom. The minimum Gasteiger partial charge on any atom is -0.375 e. The lowest BCUT2D eigenvalue weighted by Crippen LogP contribution is -2.59. The number of rotatable bonds is 3. The Hall–Kier alpha value is -0.610. The van der Waals surface area contributed by atoms with Gasteiger partial charge in [-0.3, -0.25) is 9.69 Å². The highest BCUT2D eigenvalue weighted by Crippen LogP contribution is 2.34. The van der Waals surface area contributed by atoms with Crippen molar-refractivity contribution in [1.82, 2.24) is 10.2 Å². The number of hydrogen-bond donors (Lipinski definition) is 1. The van der Waals surface area contributed by atoms with Gasteiger partial charge in [-0.2, -0.15) is 0 Å². The van der Waals surface area contributed by atoms with E-state index in [0.29, 0.717) is 24.2 Å². The van der Waals surface area contributed by atoms with Gasteiger partial charge in [-0.25, -0.2) is 0 Å². The fourth-order valence-corrected chi connectivity index (χ4v) is 5.29. The van der Waals surface area contributed by atoms with Crippen molar-refractivity contribution >= 4 is 5.91 Å². The second kappa shape index (κ2) is 7.10. The van der Waals surface area contributed by atoms with Crippen LogP contribution in [0.1, 0.15) is 70.6 Å². The Balaban J connectivity index is 1.28. The number of ether oxygens (including phenoxy) is 1. The molecular weight excluding hydrogens is 288 g/mol. The van der Waals surface area contributed by atoms with Crippen molar-refractivity contribution in [3.05, 3.63) is 0 Å². The Morgan fingerprint density at radius 3 is 2.30 bits per heavy atom. The summed E-state index contributed by atoms with van der Waals surface area (Å²) in [6, 6.07) is 0.595. The molecular formula is C19H32N2O2. The third kappa shape index (κ3) is 3.58. The zero-order valence-electron chi connectivity index (χ0n) is 14.3. The summed E-state index contributed by atoms with van der Waals surface area (Å²) in [6.07, 6.45) is 14.6. The van der Waals surface area contributed by atoms with E-state index >= 15 is 0 Å².